The van der Waals surface area contributed by atoms with Crippen molar-refractivity contribution in [3.8, 4) is 0 Å². The Kier molecular flexibility index (Phi) is 7.28. The highest BCUT2D eigenvalue weighted by molar-refractivity contribution is 9.10. The molecule has 0 bridgehead atoms. The summed E-state index contributed by atoms with van der Waals surface area (Å²) in [5, 5.41) is 1.04. The summed E-state index contributed by atoms with van der Waals surface area (Å²) in [6.07, 6.45) is 1.09. The molecule has 188 valence electrons. The third kappa shape index (κ3) is 4.97. The first kappa shape index (κ1) is 26.7. The second kappa shape index (κ2) is 9.53. The number of ether oxygens (including phenoxy) is 1. The van der Waals surface area contributed by atoms with Gasteiger partial charge >= 0.3 is 0 Å². The topological polar surface area (TPSA) is 38.8 Å². The van der Waals surface area contributed by atoms with Gasteiger partial charge in [0.05, 0.1) is 18.8 Å². The van der Waals surface area contributed by atoms with Gasteiger partial charge in [0, 0.05) is 33.9 Å². The fourth-order valence-electron chi connectivity index (χ4n) is 4.91. The van der Waals surface area contributed by atoms with E-state index in [0.29, 0.717) is 46.5 Å². The minimum atomic E-state index is -2.04. The molecule has 4 nitrogen and oxygen atoms in total. The molecule has 0 amide bonds. The van der Waals surface area contributed by atoms with Gasteiger partial charge in [-0.05, 0) is 59.6 Å². The van der Waals surface area contributed by atoms with Crippen molar-refractivity contribution in [2.75, 3.05) is 13.7 Å². The molecule has 1 saturated heterocycles. The molecule has 2 unspecified atom stereocenters. The van der Waals surface area contributed by atoms with E-state index in [1.165, 1.54) is 0 Å². The zero-order valence-electron chi connectivity index (χ0n) is 21.0. The number of carbonyl (C=O) groups excluding carboxylic acids is 1. The van der Waals surface area contributed by atoms with Crippen LogP contribution in [0.1, 0.15) is 38.3 Å². The molecule has 0 aromatic heterocycles. The van der Waals surface area contributed by atoms with Crippen molar-refractivity contribution in [3.63, 3.8) is 0 Å². The smallest absolute Gasteiger partial charge is 0.201 e. The van der Waals surface area contributed by atoms with Gasteiger partial charge in [-0.1, -0.05) is 72.0 Å². The molecule has 0 spiro atoms. The van der Waals surface area contributed by atoms with Gasteiger partial charge in [0.15, 0.2) is 14.1 Å². The second-order valence-corrected chi connectivity index (χ2v) is 17.6. The average molecular weight is 597 g/mol. The third-order valence-electron chi connectivity index (χ3n) is 7.60. The first-order chi connectivity index (χ1) is 16.3. The maximum atomic E-state index is 14.4. The molecule has 2 atom stereocenters. The van der Waals surface area contributed by atoms with Gasteiger partial charge < -0.3 is 14.1 Å². The van der Waals surface area contributed by atoms with Crippen molar-refractivity contribution < 1.29 is 14.0 Å². The van der Waals surface area contributed by atoms with Crippen LogP contribution in [0.15, 0.2) is 52.8 Å². The largest absolute Gasteiger partial charge is 0.482 e. The summed E-state index contributed by atoms with van der Waals surface area (Å²) in [5.41, 5.74) is 1.49. The van der Waals surface area contributed by atoms with Crippen LogP contribution in [0.5, 0.6) is 0 Å². The van der Waals surface area contributed by atoms with E-state index in [2.05, 4.69) is 66.8 Å². The summed E-state index contributed by atoms with van der Waals surface area (Å²) in [5.74, 6) is 0.587. The lowest BCUT2D eigenvalue weighted by Gasteiger charge is -2.38. The Morgan fingerprint density at radius 1 is 1.11 bits per heavy atom. The van der Waals surface area contributed by atoms with Crippen molar-refractivity contribution in [1.29, 1.82) is 0 Å². The van der Waals surface area contributed by atoms with Gasteiger partial charge in [0.1, 0.15) is 5.54 Å². The minimum Gasteiger partial charge on any atom is -0.482 e. The van der Waals surface area contributed by atoms with Crippen molar-refractivity contribution >= 4 is 58.8 Å². The Hall–Kier alpha value is -1.31. The number of hydrogen-bond acceptors (Lipinski definition) is 4. The Morgan fingerprint density at radius 2 is 1.71 bits per heavy atom. The van der Waals surface area contributed by atoms with Crippen molar-refractivity contribution in [2.45, 2.75) is 63.4 Å². The third-order valence-corrected chi connectivity index (χ3v) is 13.1. The Labute approximate surface area is 227 Å². The molecular formula is C27H32BrCl2NO3Si. The summed E-state index contributed by atoms with van der Waals surface area (Å²) in [7, 11) is -0.419. The SMILES string of the molecule is COC1=C(c2cc(Cl)cc(Cl)c2)C(=O)C2(Cc3ccc(Br)cc3)CC(O[Si](C)(C)C(C)(C)C)CN12. The van der Waals surface area contributed by atoms with E-state index in [-0.39, 0.29) is 16.9 Å². The molecular weight excluding hydrogens is 565 g/mol. The highest BCUT2D eigenvalue weighted by Crippen LogP contribution is 2.50. The molecule has 2 aromatic carbocycles. The molecule has 0 N–H and O–H groups in total. The van der Waals surface area contributed by atoms with E-state index < -0.39 is 13.9 Å². The number of fused-ring (bicyclic) bond motifs is 1. The molecule has 4 rings (SSSR count). The molecule has 1 fully saturated rings. The quantitative estimate of drug-likeness (QED) is 0.320. The van der Waals surface area contributed by atoms with Gasteiger partial charge in [-0.2, -0.15) is 0 Å². The van der Waals surface area contributed by atoms with E-state index in [9.17, 15) is 4.79 Å². The monoisotopic (exact) mass is 595 g/mol. The fourth-order valence-corrected chi connectivity index (χ4v) is 7.05. The van der Waals surface area contributed by atoms with Crippen LogP contribution in [0.25, 0.3) is 5.57 Å². The number of ketones is 1. The van der Waals surface area contributed by atoms with Crippen LogP contribution in [0.3, 0.4) is 0 Å². The first-order valence-electron chi connectivity index (χ1n) is 11.8. The van der Waals surface area contributed by atoms with Gasteiger partial charge in [0.2, 0.25) is 5.88 Å². The summed E-state index contributed by atoms with van der Waals surface area (Å²) in [6.45, 7) is 11.8. The summed E-state index contributed by atoms with van der Waals surface area (Å²) in [4.78, 5) is 16.5. The molecule has 2 heterocycles. The zero-order chi connectivity index (χ0) is 25.8. The van der Waals surface area contributed by atoms with Crippen molar-refractivity contribution in [1.82, 2.24) is 4.90 Å². The summed E-state index contributed by atoms with van der Waals surface area (Å²) in [6, 6.07) is 13.4. The van der Waals surface area contributed by atoms with Crippen LogP contribution in [0.2, 0.25) is 28.2 Å². The second-order valence-electron chi connectivity index (χ2n) is 11.0. The standard InChI is InChI=1S/C27H32BrCl2NO3Si/c1-26(2,3)35(5,6)34-22-15-27(14-17-7-9-19(28)10-8-17)24(32)23(25(33-4)31(27)16-22)18-11-20(29)13-21(30)12-18/h7-13,22H,14-16H2,1-6H3. The van der Waals surface area contributed by atoms with Crippen LogP contribution in [0.4, 0.5) is 0 Å². The van der Waals surface area contributed by atoms with Gasteiger partial charge in [-0.15, -0.1) is 0 Å². The summed E-state index contributed by atoms with van der Waals surface area (Å²) >= 11 is 16.1. The van der Waals surface area contributed by atoms with E-state index >= 15 is 0 Å². The highest BCUT2D eigenvalue weighted by Gasteiger charge is 2.60. The minimum absolute atomic E-state index is 0.0249. The number of benzene rings is 2. The Bertz CT molecular complexity index is 1160. The van der Waals surface area contributed by atoms with E-state index in [4.69, 9.17) is 32.4 Å². The number of nitrogens with zero attached hydrogens (tertiary/aromatic N) is 1. The predicted molar refractivity (Wildman–Crippen MR) is 149 cm³/mol. The molecule has 0 saturated carbocycles. The fraction of sp³-hybridized carbons (Fsp3) is 0.444. The molecule has 0 radical (unpaired) electrons. The molecule has 0 aliphatic carbocycles. The molecule has 2 aliphatic heterocycles. The first-order valence-corrected chi connectivity index (χ1v) is 16.2. The van der Waals surface area contributed by atoms with E-state index in [1.807, 2.05) is 12.1 Å². The number of halogens is 3. The average Bonchev–Trinajstić information content (AvgIpc) is 3.19. The van der Waals surface area contributed by atoms with Gasteiger partial charge in [-0.25, -0.2) is 0 Å². The van der Waals surface area contributed by atoms with Crippen LogP contribution in [0, 0.1) is 0 Å². The number of methoxy groups -OCH3 is 1. The normalized spacial score (nSPS) is 22.7. The van der Waals surface area contributed by atoms with Crippen LogP contribution in [-0.2, 0) is 20.4 Å². The molecule has 2 aliphatic rings. The van der Waals surface area contributed by atoms with Crippen molar-refractivity contribution in [3.05, 3.63) is 74.0 Å². The maximum absolute atomic E-state index is 14.4. The van der Waals surface area contributed by atoms with Gasteiger partial charge in [0.25, 0.3) is 0 Å². The number of rotatable bonds is 6. The predicted octanol–water partition coefficient (Wildman–Crippen LogP) is 7.73. The molecule has 2 aromatic rings. The van der Waals surface area contributed by atoms with Crippen LogP contribution >= 0.6 is 39.1 Å². The zero-order valence-corrected chi connectivity index (χ0v) is 25.1. The van der Waals surface area contributed by atoms with E-state index in [0.717, 1.165) is 10.0 Å². The lowest BCUT2D eigenvalue weighted by atomic mass is 9.82. The number of hydrogen-bond donors (Lipinski definition) is 0. The Balaban J connectivity index is 1.79. The molecule has 8 heteroatoms. The van der Waals surface area contributed by atoms with Crippen molar-refractivity contribution in [2.24, 2.45) is 0 Å². The van der Waals surface area contributed by atoms with E-state index in [1.54, 1.807) is 25.3 Å². The van der Waals surface area contributed by atoms with Crippen LogP contribution < -0.4 is 0 Å². The number of carbonyl (C=O) groups is 1. The molecule has 35 heavy (non-hydrogen) atoms. The lowest BCUT2D eigenvalue weighted by molar-refractivity contribution is -0.121. The lowest BCUT2D eigenvalue weighted by Crippen LogP contribution is -2.47. The van der Waals surface area contributed by atoms with Gasteiger partial charge in [-0.3, -0.25) is 4.79 Å². The maximum Gasteiger partial charge on any atom is 0.201 e. The number of Topliss-reactive ketones (excluding diaryl/α,β-unsaturated/α-hetero) is 1. The summed E-state index contributed by atoms with van der Waals surface area (Å²) < 4.78 is 13.7. The highest BCUT2D eigenvalue weighted by atomic mass is 79.9. The van der Waals surface area contributed by atoms with Crippen LogP contribution in [-0.4, -0.2) is 44.3 Å². The Morgan fingerprint density at radius 3 is 2.26 bits per heavy atom.